The molecule has 3 heteroatoms. The van der Waals surface area contributed by atoms with Gasteiger partial charge < -0.3 is 10.0 Å². The first kappa shape index (κ1) is 15.8. The van der Waals surface area contributed by atoms with E-state index in [2.05, 4.69) is 12.1 Å². The Labute approximate surface area is 137 Å². The summed E-state index contributed by atoms with van der Waals surface area (Å²) in [6.45, 7) is 0.693. The van der Waals surface area contributed by atoms with Crippen molar-refractivity contribution in [2.24, 2.45) is 5.92 Å². The summed E-state index contributed by atoms with van der Waals surface area (Å²) in [5.41, 5.74) is 2.21. The SMILES string of the molecule is O=C1[C@@H](Cc2ccccc2)CCCN1[C@@H](CO)c1ccccc1. The molecule has 1 saturated heterocycles. The van der Waals surface area contributed by atoms with Gasteiger partial charge in [-0.2, -0.15) is 0 Å². The second kappa shape index (κ2) is 7.42. The van der Waals surface area contributed by atoms with E-state index in [4.69, 9.17) is 0 Å². The number of carbonyl (C=O) groups excluding carboxylic acids is 1. The van der Waals surface area contributed by atoms with E-state index >= 15 is 0 Å². The summed E-state index contributed by atoms with van der Waals surface area (Å²) in [7, 11) is 0. The number of amides is 1. The maximum absolute atomic E-state index is 12.9. The highest BCUT2D eigenvalue weighted by Gasteiger charge is 2.33. The number of benzene rings is 2. The van der Waals surface area contributed by atoms with Crippen LogP contribution in [0.5, 0.6) is 0 Å². The van der Waals surface area contributed by atoms with Crippen LogP contribution >= 0.6 is 0 Å². The van der Waals surface area contributed by atoms with Crippen molar-refractivity contribution in [2.45, 2.75) is 25.3 Å². The lowest BCUT2D eigenvalue weighted by Gasteiger charge is -2.37. The molecule has 2 aromatic rings. The predicted molar refractivity (Wildman–Crippen MR) is 90.9 cm³/mol. The van der Waals surface area contributed by atoms with Gasteiger partial charge in [0.1, 0.15) is 0 Å². The molecule has 1 aliphatic rings. The maximum atomic E-state index is 12.9. The molecule has 120 valence electrons. The Bertz CT molecular complexity index is 627. The highest BCUT2D eigenvalue weighted by molar-refractivity contribution is 5.80. The Morgan fingerprint density at radius 1 is 1.04 bits per heavy atom. The molecule has 2 aromatic carbocycles. The van der Waals surface area contributed by atoms with Crippen LogP contribution in [0, 0.1) is 5.92 Å². The molecule has 0 spiro atoms. The molecule has 0 saturated carbocycles. The monoisotopic (exact) mass is 309 g/mol. The van der Waals surface area contributed by atoms with Gasteiger partial charge in [0.2, 0.25) is 5.91 Å². The topological polar surface area (TPSA) is 40.5 Å². The smallest absolute Gasteiger partial charge is 0.226 e. The molecule has 1 aliphatic heterocycles. The van der Waals surface area contributed by atoms with E-state index in [1.165, 1.54) is 5.56 Å². The minimum absolute atomic E-state index is 0.0175. The summed E-state index contributed by atoms with van der Waals surface area (Å²) >= 11 is 0. The number of hydrogen-bond acceptors (Lipinski definition) is 2. The summed E-state index contributed by atoms with van der Waals surface area (Å²) in [6.07, 6.45) is 2.70. The summed E-state index contributed by atoms with van der Waals surface area (Å²) in [5, 5.41) is 9.83. The van der Waals surface area contributed by atoms with Crippen molar-refractivity contribution in [3.8, 4) is 0 Å². The molecule has 23 heavy (non-hydrogen) atoms. The van der Waals surface area contributed by atoms with Crippen LogP contribution in [-0.2, 0) is 11.2 Å². The van der Waals surface area contributed by atoms with E-state index in [9.17, 15) is 9.90 Å². The Morgan fingerprint density at radius 2 is 1.70 bits per heavy atom. The van der Waals surface area contributed by atoms with Crippen molar-refractivity contribution in [2.75, 3.05) is 13.2 Å². The Hall–Kier alpha value is -2.13. The lowest BCUT2D eigenvalue weighted by molar-refractivity contribution is -0.142. The third-order valence-electron chi connectivity index (χ3n) is 4.64. The summed E-state index contributed by atoms with van der Waals surface area (Å²) in [6, 6.07) is 19.8. The van der Waals surface area contributed by atoms with E-state index in [1.807, 2.05) is 53.4 Å². The van der Waals surface area contributed by atoms with Crippen LogP contribution in [-0.4, -0.2) is 29.1 Å². The third kappa shape index (κ3) is 3.62. The molecule has 2 atom stereocenters. The zero-order valence-electron chi connectivity index (χ0n) is 13.3. The van der Waals surface area contributed by atoms with E-state index in [0.717, 1.165) is 31.4 Å². The first-order valence-electron chi connectivity index (χ1n) is 8.30. The molecule has 1 N–H and O–H groups in total. The van der Waals surface area contributed by atoms with Gasteiger partial charge in [-0.3, -0.25) is 4.79 Å². The zero-order chi connectivity index (χ0) is 16.1. The molecule has 0 radical (unpaired) electrons. The van der Waals surface area contributed by atoms with Crippen LogP contribution in [0.25, 0.3) is 0 Å². The molecule has 0 aromatic heterocycles. The second-order valence-corrected chi connectivity index (χ2v) is 6.17. The van der Waals surface area contributed by atoms with E-state index in [-0.39, 0.29) is 24.5 Å². The van der Waals surface area contributed by atoms with Crippen LogP contribution in [0.1, 0.15) is 30.0 Å². The quantitative estimate of drug-likeness (QED) is 0.921. The second-order valence-electron chi connectivity index (χ2n) is 6.17. The fraction of sp³-hybridized carbons (Fsp3) is 0.350. The lowest BCUT2D eigenvalue weighted by atomic mass is 9.89. The van der Waals surface area contributed by atoms with Crippen molar-refractivity contribution in [3.05, 3.63) is 71.8 Å². The van der Waals surface area contributed by atoms with Gasteiger partial charge in [0.25, 0.3) is 0 Å². The van der Waals surface area contributed by atoms with E-state index in [1.54, 1.807) is 0 Å². The van der Waals surface area contributed by atoms with Crippen molar-refractivity contribution in [1.82, 2.24) is 4.90 Å². The first-order valence-corrected chi connectivity index (χ1v) is 8.30. The van der Waals surface area contributed by atoms with Gasteiger partial charge in [-0.1, -0.05) is 60.7 Å². The minimum atomic E-state index is -0.234. The average molecular weight is 309 g/mol. The fourth-order valence-corrected chi connectivity index (χ4v) is 3.43. The van der Waals surface area contributed by atoms with Gasteiger partial charge in [-0.25, -0.2) is 0 Å². The summed E-state index contributed by atoms with van der Waals surface area (Å²) < 4.78 is 0. The van der Waals surface area contributed by atoms with Crippen LogP contribution in [0.2, 0.25) is 0 Å². The number of aliphatic hydroxyl groups is 1. The van der Waals surface area contributed by atoms with Gasteiger partial charge in [-0.05, 0) is 30.4 Å². The van der Waals surface area contributed by atoms with Crippen molar-refractivity contribution >= 4 is 5.91 Å². The Morgan fingerprint density at radius 3 is 2.35 bits per heavy atom. The zero-order valence-corrected chi connectivity index (χ0v) is 13.3. The molecule has 0 bridgehead atoms. The van der Waals surface area contributed by atoms with E-state index in [0.29, 0.717) is 0 Å². The number of rotatable bonds is 5. The molecule has 3 rings (SSSR count). The number of likely N-dealkylation sites (tertiary alicyclic amines) is 1. The van der Waals surface area contributed by atoms with Crippen molar-refractivity contribution in [1.29, 1.82) is 0 Å². The standard InChI is InChI=1S/C20H23NO2/c22-15-19(17-10-5-2-6-11-17)21-13-7-12-18(20(21)23)14-16-8-3-1-4-9-16/h1-6,8-11,18-19,22H,7,12-15H2/t18-,19+/m1/s1. The molecule has 1 fully saturated rings. The molecule has 0 unspecified atom stereocenters. The van der Waals surface area contributed by atoms with Gasteiger partial charge in [0.05, 0.1) is 12.6 Å². The number of aliphatic hydroxyl groups excluding tert-OH is 1. The molecule has 1 heterocycles. The summed E-state index contributed by atoms with van der Waals surface area (Å²) in [4.78, 5) is 14.8. The Kier molecular flexibility index (Phi) is 5.09. The third-order valence-corrected chi connectivity index (χ3v) is 4.64. The predicted octanol–water partition coefficient (Wildman–Crippen LogP) is 3.20. The average Bonchev–Trinajstić information content (AvgIpc) is 2.61. The maximum Gasteiger partial charge on any atom is 0.226 e. The van der Waals surface area contributed by atoms with Gasteiger partial charge in [0.15, 0.2) is 0 Å². The van der Waals surface area contributed by atoms with Gasteiger partial charge in [-0.15, -0.1) is 0 Å². The van der Waals surface area contributed by atoms with Crippen LogP contribution in [0.15, 0.2) is 60.7 Å². The molecule has 3 nitrogen and oxygen atoms in total. The summed E-state index contributed by atoms with van der Waals surface area (Å²) in [5.74, 6) is 0.187. The minimum Gasteiger partial charge on any atom is -0.394 e. The lowest BCUT2D eigenvalue weighted by Crippen LogP contribution is -2.45. The van der Waals surface area contributed by atoms with Gasteiger partial charge >= 0.3 is 0 Å². The van der Waals surface area contributed by atoms with Crippen molar-refractivity contribution < 1.29 is 9.90 Å². The highest BCUT2D eigenvalue weighted by atomic mass is 16.3. The number of piperidine rings is 1. The molecular formula is C20H23NO2. The highest BCUT2D eigenvalue weighted by Crippen LogP contribution is 2.29. The van der Waals surface area contributed by atoms with Gasteiger partial charge in [0, 0.05) is 12.5 Å². The first-order chi connectivity index (χ1) is 11.3. The largest absolute Gasteiger partial charge is 0.394 e. The molecule has 0 aliphatic carbocycles. The number of carbonyl (C=O) groups is 1. The Balaban J connectivity index is 1.76. The van der Waals surface area contributed by atoms with Crippen LogP contribution in [0.4, 0.5) is 0 Å². The fourth-order valence-electron chi connectivity index (χ4n) is 3.43. The molecular weight excluding hydrogens is 286 g/mol. The number of hydrogen-bond donors (Lipinski definition) is 1. The molecule has 1 amide bonds. The van der Waals surface area contributed by atoms with Crippen LogP contribution < -0.4 is 0 Å². The van der Waals surface area contributed by atoms with Crippen LogP contribution in [0.3, 0.4) is 0 Å². The van der Waals surface area contributed by atoms with E-state index < -0.39 is 0 Å². The normalized spacial score (nSPS) is 19.6. The number of nitrogens with zero attached hydrogens (tertiary/aromatic N) is 1. The van der Waals surface area contributed by atoms with Crippen molar-refractivity contribution in [3.63, 3.8) is 0 Å².